The van der Waals surface area contributed by atoms with E-state index in [1.165, 1.54) is 16.3 Å². The van der Waals surface area contributed by atoms with Gasteiger partial charge in [0.05, 0.1) is 47.5 Å². The van der Waals surface area contributed by atoms with E-state index in [9.17, 15) is 14.4 Å². The minimum atomic E-state index is -0.999. The minimum Gasteiger partial charge on any atom is -0.464 e. The third-order valence-corrected chi connectivity index (χ3v) is 11.9. The normalized spacial score (nSPS) is 21.2. The van der Waals surface area contributed by atoms with Gasteiger partial charge in [0.25, 0.3) is 5.91 Å². The van der Waals surface area contributed by atoms with Crippen LogP contribution in [0.4, 0.5) is 4.79 Å². The Labute approximate surface area is 350 Å². The van der Waals surface area contributed by atoms with E-state index in [0.717, 1.165) is 57.5 Å². The Morgan fingerprint density at radius 3 is 2.71 bits per heavy atom. The number of nitrogens with zero attached hydrogens (tertiary/aromatic N) is 4. The first-order valence-corrected chi connectivity index (χ1v) is 21.6. The fourth-order valence-corrected chi connectivity index (χ4v) is 8.92. The van der Waals surface area contributed by atoms with Crippen LogP contribution >= 0.6 is 11.3 Å². The molecule has 4 aromatic rings. The Balaban J connectivity index is 1.35. The number of aromatic nitrogens is 3. The van der Waals surface area contributed by atoms with Crippen molar-refractivity contribution in [3.05, 3.63) is 58.2 Å². The lowest BCUT2D eigenvalue weighted by Gasteiger charge is -2.35. The molecule has 2 saturated heterocycles. The molecule has 2 fully saturated rings. The van der Waals surface area contributed by atoms with Crippen molar-refractivity contribution in [2.24, 2.45) is 5.41 Å². The first kappa shape index (κ1) is 42.7. The van der Waals surface area contributed by atoms with Gasteiger partial charge in [-0.2, -0.15) is 0 Å². The Morgan fingerprint density at radius 1 is 1.15 bits per heavy atom. The number of rotatable bonds is 8. The highest BCUT2D eigenvalue weighted by Gasteiger charge is 2.36. The molecule has 3 aliphatic heterocycles. The predicted molar refractivity (Wildman–Crippen MR) is 225 cm³/mol. The molecular weight excluding hydrogens is 773 g/mol. The van der Waals surface area contributed by atoms with Gasteiger partial charge in [0, 0.05) is 78.9 Å². The topological polar surface area (TPSA) is 155 Å². The minimum absolute atomic E-state index is 0.132. The highest BCUT2D eigenvalue weighted by Crippen LogP contribution is 2.42. The average Bonchev–Trinajstić information content (AvgIpc) is 3.80. The number of ether oxygens (including phenoxy) is 5. The molecule has 0 spiro atoms. The fourth-order valence-electron chi connectivity index (χ4n) is 8.07. The molecule has 6 bridgehead atoms. The number of hydrogen-bond acceptors (Lipinski definition) is 12. The molecule has 0 saturated carbocycles. The molecule has 2 amide bonds. The summed E-state index contributed by atoms with van der Waals surface area (Å²) in [7, 11) is 1.69. The van der Waals surface area contributed by atoms with E-state index in [1.54, 1.807) is 34.1 Å². The van der Waals surface area contributed by atoms with Gasteiger partial charge in [-0.3, -0.25) is 19.6 Å². The number of nitrogens with one attached hydrogen (secondary N) is 2. The van der Waals surface area contributed by atoms with E-state index in [4.69, 9.17) is 33.7 Å². The Bertz CT molecular complexity index is 2140. The molecule has 3 atom stereocenters. The number of hydrazine groups is 1. The summed E-state index contributed by atoms with van der Waals surface area (Å²) in [5.41, 5.74) is 8.45. The molecule has 14 nitrogen and oxygen atoms in total. The molecule has 318 valence electrons. The van der Waals surface area contributed by atoms with Crippen molar-refractivity contribution >= 4 is 40.2 Å². The Hall–Kier alpha value is -4.41. The first-order chi connectivity index (χ1) is 28.2. The average molecular weight is 831 g/mol. The second kappa shape index (κ2) is 18.1. The number of pyridine rings is 1. The summed E-state index contributed by atoms with van der Waals surface area (Å²) in [6.07, 6.45) is 4.48. The summed E-state index contributed by atoms with van der Waals surface area (Å²) < 4.78 is 31.9. The van der Waals surface area contributed by atoms with Gasteiger partial charge in [0.1, 0.15) is 17.7 Å². The number of hydrogen-bond donors (Lipinski definition) is 2. The van der Waals surface area contributed by atoms with E-state index in [2.05, 4.69) is 53.4 Å². The van der Waals surface area contributed by atoms with Crippen LogP contribution in [-0.4, -0.2) is 101 Å². The van der Waals surface area contributed by atoms with E-state index in [0.29, 0.717) is 57.2 Å². The van der Waals surface area contributed by atoms with E-state index in [-0.39, 0.29) is 31.1 Å². The number of esters is 1. The number of carbonyl (C=O) groups is 3. The van der Waals surface area contributed by atoms with Crippen LogP contribution in [-0.2, 0) is 52.7 Å². The van der Waals surface area contributed by atoms with Gasteiger partial charge in [-0.05, 0) is 89.6 Å². The molecule has 0 radical (unpaired) electrons. The number of benzene rings is 1. The van der Waals surface area contributed by atoms with Crippen molar-refractivity contribution in [2.75, 3.05) is 40.1 Å². The molecule has 2 N–H and O–H groups in total. The zero-order valence-electron chi connectivity index (χ0n) is 35.3. The second-order valence-corrected chi connectivity index (χ2v) is 18.4. The molecular formula is C44H58N6O8S. The number of thiazole rings is 1. The highest BCUT2D eigenvalue weighted by molar-refractivity contribution is 7.10. The molecule has 7 rings (SSSR count). The van der Waals surface area contributed by atoms with Crippen LogP contribution in [0.25, 0.3) is 33.4 Å². The summed E-state index contributed by atoms with van der Waals surface area (Å²) in [5, 5.41) is 7.92. The van der Waals surface area contributed by atoms with Gasteiger partial charge in [-0.25, -0.2) is 15.2 Å². The van der Waals surface area contributed by atoms with E-state index < -0.39 is 35.2 Å². The lowest BCUT2D eigenvalue weighted by atomic mass is 9.84. The Kier molecular flexibility index (Phi) is 13.1. The molecule has 3 aliphatic rings. The molecule has 3 aromatic heterocycles. The summed E-state index contributed by atoms with van der Waals surface area (Å²) in [6, 6.07) is 8.74. The predicted octanol–water partition coefficient (Wildman–Crippen LogP) is 6.79. The lowest BCUT2D eigenvalue weighted by Crippen LogP contribution is -2.60. The second-order valence-electron chi connectivity index (χ2n) is 17.5. The van der Waals surface area contributed by atoms with Gasteiger partial charge in [-0.1, -0.05) is 19.9 Å². The molecule has 15 heteroatoms. The summed E-state index contributed by atoms with van der Waals surface area (Å²) in [4.78, 5) is 50.8. The largest absolute Gasteiger partial charge is 0.464 e. The van der Waals surface area contributed by atoms with E-state index in [1.807, 2.05) is 18.4 Å². The van der Waals surface area contributed by atoms with Crippen LogP contribution in [0.5, 0.6) is 0 Å². The van der Waals surface area contributed by atoms with Crippen LogP contribution in [0.2, 0.25) is 0 Å². The summed E-state index contributed by atoms with van der Waals surface area (Å²) >= 11 is 1.43. The summed E-state index contributed by atoms with van der Waals surface area (Å²) in [6.45, 7) is 14.5. The number of alkyl carbamates (subject to hydrolysis) is 1. The van der Waals surface area contributed by atoms with Gasteiger partial charge >= 0.3 is 12.1 Å². The van der Waals surface area contributed by atoms with Crippen molar-refractivity contribution in [1.82, 2.24) is 30.3 Å². The van der Waals surface area contributed by atoms with Crippen molar-refractivity contribution in [3.63, 3.8) is 0 Å². The third kappa shape index (κ3) is 10.1. The maximum absolute atomic E-state index is 14.1. The Morgan fingerprint density at radius 2 is 1.95 bits per heavy atom. The maximum Gasteiger partial charge on any atom is 0.408 e. The van der Waals surface area contributed by atoms with Crippen molar-refractivity contribution in [1.29, 1.82) is 0 Å². The standard InChI is InChI=1S/C44H58N6O8S/c1-27(54-7)38-30(10-8-16-45-38)39-32-24-44(5,6)26-57-41(52)33-11-9-17-50(48-33)40(51)34(47-42(53)58-43(2,3)4)23-37-46-35(25-59-37)28-12-13-36(31(32)22-28)49(39)18-21-56-29-14-19-55-20-15-29/h8,10,12-13,16,22,25,27,29,33-34,48H,9,11,14-15,17-21,23-24,26H2,1-7H3,(H,47,53)/t27-,33-,34-/m0/s1. The van der Waals surface area contributed by atoms with Crippen molar-refractivity contribution in [3.8, 4) is 22.5 Å². The number of carbonyl (C=O) groups excluding carboxylic acids is 3. The zero-order valence-corrected chi connectivity index (χ0v) is 36.1. The quantitative estimate of drug-likeness (QED) is 0.181. The van der Waals surface area contributed by atoms with E-state index >= 15 is 0 Å². The van der Waals surface area contributed by atoms with Crippen LogP contribution in [0.15, 0.2) is 41.9 Å². The number of methoxy groups -OCH3 is 1. The van der Waals surface area contributed by atoms with Gasteiger partial charge < -0.3 is 33.6 Å². The number of amides is 2. The molecule has 6 heterocycles. The van der Waals surface area contributed by atoms with Crippen LogP contribution in [0.1, 0.15) is 89.6 Å². The monoisotopic (exact) mass is 830 g/mol. The number of fused-ring (bicyclic) bond motifs is 6. The highest BCUT2D eigenvalue weighted by atomic mass is 32.1. The van der Waals surface area contributed by atoms with Gasteiger partial charge in [0.2, 0.25) is 0 Å². The van der Waals surface area contributed by atoms with Crippen molar-refractivity contribution < 1.29 is 38.1 Å². The van der Waals surface area contributed by atoms with Crippen molar-refractivity contribution in [2.45, 2.75) is 117 Å². The smallest absolute Gasteiger partial charge is 0.408 e. The SMILES string of the molecule is CO[C@@H](C)c1ncccc1-c1c2c3cc(ccc3n1CCOC1CCOCC1)-c1csc(n1)C[C@H](NC(=O)OC(C)(C)C)C(=O)N1CCC[C@H](N1)C(=O)OCC(C)(C)C2. The molecule has 0 unspecified atom stereocenters. The first-order valence-electron chi connectivity index (χ1n) is 20.7. The zero-order chi connectivity index (χ0) is 41.9. The molecule has 1 aromatic carbocycles. The third-order valence-electron chi connectivity index (χ3n) is 11.0. The van der Waals surface area contributed by atoms with Gasteiger partial charge in [-0.15, -0.1) is 11.3 Å². The summed E-state index contributed by atoms with van der Waals surface area (Å²) in [5.74, 6) is -0.818. The van der Waals surface area contributed by atoms with Crippen LogP contribution in [0.3, 0.4) is 0 Å². The molecule has 0 aliphatic carbocycles. The van der Waals surface area contributed by atoms with Gasteiger partial charge in [0.15, 0.2) is 0 Å². The number of cyclic esters (lactones) is 1. The molecule has 59 heavy (non-hydrogen) atoms. The van der Waals surface area contributed by atoms with Crippen LogP contribution in [0, 0.1) is 5.41 Å². The van der Waals surface area contributed by atoms with Crippen LogP contribution < -0.4 is 10.7 Å². The fraction of sp³-hybridized carbons (Fsp3) is 0.568. The maximum atomic E-state index is 14.1. The lowest BCUT2D eigenvalue weighted by molar-refractivity contribution is -0.155.